The number of hydrogen-bond donors (Lipinski definition) is 1. The van der Waals surface area contributed by atoms with E-state index in [1.807, 2.05) is 13.1 Å². The number of benzene rings is 1. The molecule has 18 heavy (non-hydrogen) atoms. The average molecular weight is 249 g/mol. The molecule has 0 atom stereocenters. The van der Waals surface area contributed by atoms with Crippen LogP contribution in [-0.2, 0) is 5.41 Å². The van der Waals surface area contributed by atoms with Crippen LogP contribution in [0.2, 0.25) is 0 Å². The highest BCUT2D eigenvalue weighted by Crippen LogP contribution is 2.38. The molecule has 100 valence electrons. The Morgan fingerprint density at radius 1 is 1.11 bits per heavy atom. The monoisotopic (exact) mass is 249 g/mol. The van der Waals surface area contributed by atoms with E-state index >= 15 is 0 Å². The molecule has 0 fully saturated rings. The van der Waals surface area contributed by atoms with Crippen LogP contribution in [0.3, 0.4) is 0 Å². The summed E-state index contributed by atoms with van der Waals surface area (Å²) in [5, 5.41) is 3.32. The third kappa shape index (κ3) is 2.32. The molecule has 1 aromatic rings. The van der Waals surface area contributed by atoms with Crippen molar-refractivity contribution < 1.29 is 9.47 Å². The Morgan fingerprint density at radius 3 is 2.39 bits per heavy atom. The van der Waals surface area contributed by atoms with Gasteiger partial charge in [-0.1, -0.05) is 19.9 Å². The Bertz CT molecular complexity index is 399. The van der Waals surface area contributed by atoms with Gasteiger partial charge in [-0.25, -0.2) is 0 Å². The molecule has 0 aromatic heterocycles. The molecule has 0 saturated heterocycles. The Kier molecular flexibility index (Phi) is 4.12. The zero-order valence-electron chi connectivity index (χ0n) is 11.6. The molecular weight excluding hydrogens is 226 g/mol. The molecule has 2 rings (SSSR count). The maximum absolute atomic E-state index is 5.68. The van der Waals surface area contributed by atoms with Gasteiger partial charge < -0.3 is 14.8 Å². The lowest BCUT2D eigenvalue weighted by molar-refractivity contribution is 0.171. The maximum Gasteiger partial charge on any atom is 0.161 e. The molecule has 0 radical (unpaired) electrons. The van der Waals surface area contributed by atoms with E-state index in [9.17, 15) is 0 Å². The lowest BCUT2D eigenvalue weighted by Gasteiger charge is -2.33. The number of fused-ring (bicyclic) bond motifs is 1. The first-order valence-corrected chi connectivity index (χ1v) is 6.80. The van der Waals surface area contributed by atoms with E-state index in [2.05, 4.69) is 31.3 Å². The molecule has 0 bridgehead atoms. The van der Waals surface area contributed by atoms with E-state index in [4.69, 9.17) is 9.47 Å². The molecule has 3 nitrogen and oxygen atoms in total. The van der Waals surface area contributed by atoms with E-state index in [-0.39, 0.29) is 5.41 Å². The first-order chi connectivity index (χ1) is 8.75. The molecule has 0 saturated carbocycles. The van der Waals surface area contributed by atoms with E-state index < -0.39 is 0 Å². The molecule has 0 spiro atoms. The molecule has 1 heterocycles. The fourth-order valence-electron chi connectivity index (χ4n) is 2.72. The molecule has 1 N–H and O–H groups in total. The van der Waals surface area contributed by atoms with Crippen molar-refractivity contribution in [2.45, 2.75) is 32.1 Å². The van der Waals surface area contributed by atoms with E-state index in [0.29, 0.717) is 13.2 Å². The predicted molar refractivity (Wildman–Crippen MR) is 73.6 cm³/mol. The van der Waals surface area contributed by atoms with E-state index in [0.717, 1.165) is 30.9 Å². The molecule has 1 aromatic carbocycles. The fourth-order valence-corrected chi connectivity index (χ4v) is 2.72. The largest absolute Gasteiger partial charge is 0.486 e. The second-order valence-electron chi connectivity index (χ2n) is 4.88. The summed E-state index contributed by atoms with van der Waals surface area (Å²) in [4.78, 5) is 0. The fraction of sp³-hybridized carbons (Fsp3) is 0.600. The van der Waals surface area contributed by atoms with E-state index in [1.165, 1.54) is 5.56 Å². The normalized spacial score (nSPS) is 14.6. The lowest BCUT2D eigenvalue weighted by Crippen LogP contribution is -2.35. The van der Waals surface area contributed by atoms with Gasteiger partial charge in [0.05, 0.1) is 0 Å². The number of ether oxygens (including phenoxy) is 2. The van der Waals surface area contributed by atoms with Gasteiger partial charge in [0.15, 0.2) is 11.5 Å². The van der Waals surface area contributed by atoms with Gasteiger partial charge in [0, 0.05) is 12.0 Å². The second kappa shape index (κ2) is 5.61. The molecule has 1 aliphatic rings. The molecule has 0 amide bonds. The Hall–Kier alpha value is -1.22. The minimum atomic E-state index is 0.185. The first-order valence-electron chi connectivity index (χ1n) is 6.80. The summed E-state index contributed by atoms with van der Waals surface area (Å²) >= 11 is 0. The van der Waals surface area contributed by atoms with Crippen molar-refractivity contribution in [3.63, 3.8) is 0 Å². The average Bonchev–Trinajstić information content (AvgIpc) is 2.44. The number of nitrogens with one attached hydrogen (secondary N) is 1. The van der Waals surface area contributed by atoms with Crippen molar-refractivity contribution in [1.82, 2.24) is 5.32 Å². The van der Waals surface area contributed by atoms with Crippen LogP contribution in [0.5, 0.6) is 11.5 Å². The number of rotatable bonds is 5. The summed E-state index contributed by atoms with van der Waals surface area (Å²) in [5.41, 5.74) is 1.52. The Morgan fingerprint density at radius 2 is 1.78 bits per heavy atom. The van der Waals surface area contributed by atoms with Gasteiger partial charge in [-0.05, 0) is 37.6 Å². The molecular formula is C15H23NO2. The van der Waals surface area contributed by atoms with Crippen molar-refractivity contribution in [2.24, 2.45) is 0 Å². The van der Waals surface area contributed by atoms with Crippen LogP contribution in [0.25, 0.3) is 0 Å². The van der Waals surface area contributed by atoms with Gasteiger partial charge in [-0.2, -0.15) is 0 Å². The predicted octanol–water partition coefficient (Wildman–Crippen LogP) is 2.74. The smallest absolute Gasteiger partial charge is 0.161 e. The van der Waals surface area contributed by atoms with Crippen LogP contribution < -0.4 is 14.8 Å². The summed E-state index contributed by atoms with van der Waals surface area (Å²) in [5.74, 6) is 1.76. The highest BCUT2D eigenvalue weighted by Gasteiger charge is 2.29. The maximum atomic E-state index is 5.68. The standard InChI is InChI=1S/C15H23NO2/c1-4-15(5-2,11-16-3)12-6-7-13-14(10-12)18-9-8-17-13/h6-7,10,16H,4-5,8-9,11H2,1-3H3. The first kappa shape index (κ1) is 13.2. The Labute approximate surface area is 109 Å². The van der Waals surface area contributed by atoms with Crippen molar-refractivity contribution in [1.29, 1.82) is 0 Å². The minimum absolute atomic E-state index is 0.185. The number of likely N-dealkylation sites (N-methyl/N-ethyl adjacent to an activating group) is 1. The van der Waals surface area contributed by atoms with Gasteiger partial charge in [-0.15, -0.1) is 0 Å². The third-order valence-corrected chi connectivity index (χ3v) is 4.02. The zero-order valence-corrected chi connectivity index (χ0v) is 11.6. The molecule has 3 heteroatoms. The highest BCUT2D eigenvalue weighted by molar-refractivity contribution is 5.46. The van der Waals surface area contributed by atoms with Crippen molar-refractivity contribution >= 4 is 0 Å². The van der Waals surface area contributed by atoms with Crippen LogP contribution in [0.4, 0.5) is 0 Å². The second-order valence-corrected chi connectivity index (χ2v) is 4.88. The summed E-state index contributed by atoms with van der Waals surface area (Å²) in [7, 11) is 2.01. The van der Waals surface area contributed by atoms with Crippen LogP contribution in [0, 0.1) is 0 Å². The summed E-state index contributed by atoms with van der Waals surface area (Å²) in [6, 6.07) is 6.37. The van der Waals surface area contributed by atoms with Gasteiger partial charge in [-0.3, -0.25) is 0 Å². The van der Waals surface area contributed by atoms with Crippen LogP contribution in [0.1, 0.15) is 32.3 Å². The molecule has 1 aliphatic heterocycles. The quantitative estimate of drug-likeness (QED) is 0.870. The third-order valence-electron chi connectivity index (χ3n) is 4.02. The zero-order chi connectivity index (χ0) is 13.0. The molecule has 0 aliphatic carbocycles. The van der Waals surface area contributed by atoms with Gasteiger partial charge in [0.25, 0.3) is 0 Å². The highest BCUT2D eigenvalue weighted by atomic mass is 16.6. The van der Waals surface area contributed by atoms with Crippen molar-refractivity contribution in [3.05, 3.63) is 23.8 Å². The van der Waals surface area contributed by atoms with Crippen molar-refractivity contribution in [3.8, 4) is 11.5 Å². The SMILES string of the molecule is CCC(CC)(CNC)c1ccc2c(c1)OCCO2. The molecule has 0 unspecified atom stereocenters. The topological polar surface area (TPSA) is 30.5 Å². The van der Waals surface area contributed by atoms with Crippen molar-refractivity contribution in [2.75, 3.05) is 26.8 Å². The Balaban J connectivity index is 2.36. The van der Waals surface area contributed by atoms with Gasteiger partial charge in [0.2, 0.25) is 0 Å². The van der Waals surface area contributed by atoms with Crippen LogP contribution in [-0.4, -0.2) is 26.8 Å². The van der Waals surface area contributed by atoms with Crippen LogP contribution >= 0.6 is 0 Å². The van der Waals surface area contributed by atoms with Gasteiger partial charge in [0.1, 0.15) is 13.2 Å². The van der Waals surface area contributed by atoms with E-state index in [1.54, 1.807) is 0 Å². The van der Waals surface area contributed by atoms with Gasteiger partial charge >= 0.3 is 0 Å². The number of hydrogen-bond acceptors (Lipinski definition) is 3. The van der Waals surface area contributed by atoms with Crippen LogP contribution in [0.15, 0.2) is 18.2 Å². The summed E-state index contributed by atoms with van der Waals surface area (Å²) < 4.78 is 11.3. The minimum Gasteiger partial charge on any atom is -0.486 e. The lowest BCUT2D eigenvalue weighted by atomic mass is 9.75. The summed E-state index contributed by atoms with van der Waals surface area (Å²) in [6.45, 7) is 6.78. The summed E-state index contributed by atoms with van der Waals surface area (Å²) in [6.07, 6.45) is 2.23.